The molecule has 0 saturated heterocycles. The van der Waals surface area contributed by atoms with Crippen molar-refractivity contribution in [2.75, 3.05) is 20.3 Å². The lowest BCUT2D eigenvalue weighted by atomic mass is 9.95. The summed E-state index contributed by atoms with van der Waals surface area (Å²) in [7, 11) is 1.55. The number of aromatic nitrogens is 1. The van der Waals surface area contributed by atoms with E-state index in [2.05, 4.69) is 10.3 Å². The fraction of sp³-hybridized carbons (Fsp3) is 0.400. The number of pyridine rings is 1. The molecule has 150 valence electrons. The highest BCUT2D eigenvalue weighted by Crippen LogP contribution is 2.41. The first-order valence-electron chi connectivity index (χ1n) is 8.90. The van der Waals surface area contributed by atoms with E-state index in [4.69, 9.17) is 4.74 Å². The van der Waals surface area contributed by atoms with Gasteiger partial charge in [-0.05, 0) is 47.6 Å². The standard InChI is InChI=1S/C20H20F4N2O2/c1-28-7-6-26-19(27)9-13-2-4-14-15(10-25-11-16(13)14)12-3-5-17(18(21)8-12)20(22,23)24/h3,5,8,10-11,13H,2,4,6-7,9H2,1H3,(H,26,27). The van der Waals surface area contributed by atoms with Gasteiger partial charge in [0.2, 0.25) is 5.91 Å². The highest BCUT2D eigenvalue weighted by molar-refractivity contribution is 5.78. The number of rotatable bonds is 6. The average molecular weight is 396 g/mol. The molecule has 0 spiro atoms. The zero-order valence-corrected chi connectivity index (χ0v) is 15.3. The number of alkyl halides is 3. The molecule has 28 heavy (non-hydrogen) atoms. The average Bonchev–Trinajstić information content (AvgIpc) is 3.03. The molecule has 4 nitrogen and oxygen atoms in total. The first-order chi connectivity index (χ1) is 13.3. The lowest BCUT2D eigenvalue weighted by Crippen LogP contribution is -2.27. The molecule has 2 aromatic rings. The van der Waals surface area contributed by atoms with E-state index in [0.29, 0.717) is 37.1 Å². The van der Waals surface area contributed by atoms with Crippen LogP contribution in [0, 0.1) is 5.82 Å². The summed E-state index contributed by atoms with van der Waals surface area (Å²) in [5.41, 5.74) is 1.46. The highest BCUT2D eigenvalue weighted by Gasteiger charge is 2.34. The van der Waals surface area contributed by atoms with Crippen LogP contribution in [0.1, 0.15) is 35.4 Å². The molecule has 1 aliphatic carbocycles. The molecule has 1 heterocycles. The third-order valence-corrected chi connectivity index (χ3v) is 4.92. The van der Waals surface area contributed by atoms with Crippen molar-refractivity contribution >= 4 is 5.91 Å². The van der Waals surface area contributed by atoms with Crippen LogP contribution < -0.4 is 5.32 Å². The second-order valence-corrected chi connectivity index (χ2v) is 6.73. The van der Waals surface area contributed by atoms with Crippen molar-refractivity contribution in [3.63, 3.8) is 0 Å². The lowest BCUT2D eigenvalue weighted by Gasteiger charge is -2.14. The summed E-state index contributed by atoms with van der Waals surface area (Å²) >= 11 is 0. The summed E-state index contributed by atoms with van der Waals surface area (Å²) < 4.78 is 57.2. The summed E-state index contributed by atoms with van der Waals surface area (Å²) in [5.74, 6) is -1.43. The topological polar surface area (TPSA) is 51.2 Å². The Balaban J connectivity index is 1.82. The normalized spacial score (nSPS) is 16.1. The van der Waals surface area contributed by atoms with Gasteiger partial charge in [0.25, 0.3) is 0 Å². The Morgan fingerprint density at radius 1 is 1.32 bits per heavy atom. The number of nitrogens with zero attached hydrogens (tertiary/aromatic N) is 1. The Labute approximate surface area is 159 Å². The minimum absolute atomic E-state index is 0.0238. The zero-order chi connectivity index (χ0) is 20.3. The van der Waals surface area contributed by atoms with E-state index >= 15 is 0 Å². The van der Waals surface area contributed by atoms with Gasteiger partial charge in [-0.2, -0.15) is 13.2 Å². The molecular formula is C20H20F4N2O2. The van der Waals surface area contributed by atoms with E-state index in [1.54, 1.807) is 13.3 Å². The van der Waals surface area contributed by atoms with Gasteiger partial charge < -0.3 is 10.1 Å². The van der Waals surface area contributed by atoms with Crippen LogP contribution in [0.15, 0.2) is 30.6 Å². The van der Waals surface area contributed by atoms with E-state index in [0.717, 1.165) is 29.7 Å². The van der Waals surface area contributed by atoms with Gasteiger partial charge in [0.1, 0.15) is 5.82 Å². The van der Waals surface area contributed by atoms with Crippen molar-refractivity contribution in [3.05, 3.63) is 53.1 Å². The van der Waals surface area contributed by atoms with Crippen molar-refractivity contribution in [2.45, 2.75) is 31.4 Å². The van der Waals surface area contributed by atoms with Gasteiger partial charge in [-0.3, -0.25) is 9.78 Å². The number of ether oxygens (including phenoxy) is 1. The number of methoxy groups -OCH3 is 1. The predicted molar refractivity (Wildman–Crippen MR) is 95.2 cm³/mol. The number of hydrogen-bond acceptors (Lipinski definition) is 3. The van der Waals surface area contributed by atoms with Gasteiger partial charge in [-0.15, -0.1) is 0 Å². The van der Waals surface area contributed by atoms with E-state index < -0.39 is 17.6 Å². The molecule has 3 rings (SSSR count). The third-order valence-electron chi connectivity index (χ3n) is 4.92. The molecule has 0 aliphatic heterocycles. The lowest BCUT2D eigenvalue weighted by molar-refractivity contribution is -0.140. The molecule has 0 bridgehead atoms. The number of hydrogen-bond donors (Lipinski definition) is 1. The molecule has 1 amide bonds. The van der Waals surface area contributed by atoms with Gasteiger partial charge >= 0.3 is 6.18 Å². The number of halogens is 4. The number of carbonyl (C=O) groups excluding carboxylic acids is 1. The van der Waals surface area contributed by atoms with E-state index in [-0.39, 0.29) is 11.8 Å². The van der Waals surface area contributed by atoms with Crippen LogP contribution in [0.2, 0.25) is 0 Å². The first-order valence-corrected chi connectivity index (χ1v) is 8.90. The summed E-state index contributed by atoms with van der Waals surface area (Å²) in [6, 6.07) is 2.90. The molecule has 0 saturated carbocycles. The van der Waals surface area contributed by atoms with Crippen LogP contribution in [0.3, 0.4) is 0 Å². The van der Waals surface area contributed by atoms with Crippen LogP contribution >= 0.6 is 0 Å². The molecule has 1 aromatic heterocycles. The monoisotopic (exact) mass is 396 g/mol. The van der Waals surface area contributed by atoms with Crippen LogP contribution in [0.4, 0.5) is 17.6 Å². The SMILES string of the molecule is COCCNC(=O)CC1CCc2c(-c3ccc(C(F)(F)F)c(F)c3)cncc21. The van der Waals surface area contributed by atoms with Crippen LogP contribution in [-0.2, 0) is 22.1 Å². The molecule has 0 radical (unpaired) electrons. The van der Waals surface area contributed by atoms with E-state index in [1.807, 2.05) is 0 Å². The van der Waals surface area contributed by atoms with Crippen molar-refractivity contribution in [1.29, 1.82) is 0 Å². The minimum atomic E-state index is -4.74. The Morgan fingerprint density at radius 3 is 2.79 bits per heavy atom. The summed E-state index contributed by atoms with van der Waals surface area (Å²) in [6.07, 6.45) is 0.159. The Kier molecular flexibility index (Phi) is 5.98. The second kappa shape index (κ2) is 8.26. The van der Waals surface area contributed by atoms with Crippen LogP contribution in [0.5, 0.6) is 0 Å². The minimum Gasteiger partial charge on any atom is -0.383 e. The van der Waals surface area contributed by atoms with Crippen molar-refractivity contribution in [2.24, 2.45) is 0 Å². The van der Waals surface area contributed by atoms with Crippen LogP contribution in [-0.4, -0.2) is 31.2 Å². The molecule has 1 atom stereocenters. The van der Waals surface area contributed by atoms with E-state index in [9.17, 15) is 22.4 Å². The number of fused-ring (bicyclic) bond motifs is 1. The van der Waals surface area contributed by atoms with Gasteiger partial charge in [0.15, 0.2) is 0 Å². The van der Waals surface area contributed by atoms with Crippen molar-refractivity contribution in [1.82, 2.24) is 10.3 Å². The second-order valence-electron chi connectivity index (χ2n) is 6.73. The van der Waals surface area contributed by atoms with Gasteiger partial charge in [-0.25, -0.2) is 4.39 Å². The largest absolute Gasteiger partial charge is 0.419 e. The summed E-state index contributed by atoms with van der Waals surface area (Å²) in [4.78, 5) is 16.2. The third kappa shape index (κ3) is 4.32. The maximum absolute atomic E-state index is 14.0. The Hall–Kier alpha value is -2.48. The highest BCUT2D eigenvalue weighted by atomic mass is 19.4. The van der Waals surface area contributed by atoms with E-state index in [1.165, 1.54) is 12.3 Å². The molecule has 1 unspecified atom stereocenters. The number of amides is 1. The number of nitrogens with one attached hydrogen (secondary N) is 1. The fourth-order valence-corrected chi connectivity index (χ4v) is 3.57. The maximum Gasteiger partial charge on any atom is 0.419 e. The molecule has 1 aromatic carbocycles. The fourth-order valence-electron chi connectivity index (χ4n) is 3.57. The molecule has 0 fully saturated rings. The Bertz CT molecular complexity index is 868. The molecule has 1 N–H and O–H groups in total. The maximum atomic E-state index is 14.0. The smallest absolute Gasteiger partial charge is 0.383 e. The summed E-state index contributed by atoms with van der Waals surface area (Å²) in [6.45, 7) is 0.857. The van der Waals surface area contributed by atoms with Crippen molar-refractivity contribution in [3.8, 4) is 11.1 Å². The molecule has 8 heteroatoms. The van der Waals surface area contributed by atoms with Gasteiger partial charge in [0, 0.05) is 38.0 Å². The molecular weight excluding hydrogens is 376 g/mol. The van der Waals surface area contributed by atoms with Crippen LogP contribution in [0.25, 0.3) is 11.1 Å². The van der Waals surface area contributed by atoms with Crippen molar-refractivity contribution < 1.29 is 27.1 Å². The number of carbonyl (C=O) groups is 1. The Morgan fingerprint density at radius 2 is 2.11 bits per heavy atom. The zero-order valence-electron chi connectivity index (χ0n) is 15.3. The molecule has 1 aliphatic rings. The number of benzene rings is 1. The van der Waals surface area contributed by atoms with Gasteiger partial charge in [0.05, 0.1) is 12.2 Å². The predicted octanol–water partition coefficient (Wildman–Crippen LogP) is 4.09. The quantitative estimate of drug-likeness (QED) is 0.591. The van der Waals surface area contributed by atoms with Gasteiger partial charge in [-0.1, -0.05) is 6.07 Å². The first kappa shape index (κ1) is 20.3. The summed E-state index contributed by atoms with van der Waals surface area (Å²) in [5, 5.41) is 2.77.